The molecule has 0 radical (unpaired) electrons. The Labute approximate surface area is 160 Å². The zero-order chi connectivity index (χ0) is 19.8. The Kier molecular flexibility index (Phi) is 5.10. The van der Waals surface area contributed by atoms with Crippen molar-refractivity contribution in [1.29, 1.82) is 0 Å². The Morgan fingerprint density at radius 3 is 2.30 bits per heavy atom. The summed E-state index contributed by atoms with van der Waals surface area (Å²) in [5.41, 5.74) is 0.694. The third-order valence-electron chi connectivity index (χ3n) is 5.65. The molecule has 6 heteroatoms. The number of hydrogen-bond donors (Lipinski definition) is 0. The van der Waals surface area contributed by atoms with E-state index in [1.54, 1.807) is 18.2 Å². The van der Waals surface area contributed by atoms with E-state index in [1.807, 2.05) is 4.90 Å². The van der Waals surface area contributed by atoms with Gasteiger partial charge in [0.05, 0.1) is 19.8 Å². The maximum atomic E-state index is 12.7. The second-order valence-electron chi connectivity index (χ2n) is 8.91. The molecule has 2 atom stereocenters. The summed E-state index contributed by atoms with van der Waals surface area (Å²) in [5, 5.41) is 0. The maximum absolute atomic E-state index is 12.7. The van der Waals surface area contributed by atoms with E-state index in [1.165, 1.54) is 14.2 Å². The summed E-state index contributed by atoms with van der Waals surface area (Å²) < 4.78 is 15.6. The zero-order valence-corrected chi connectivity index (χ0v) is 16.8. The number of methoxy groups -OCH3 is 2. The van der Waals surface area contributed by atoms with Gasteiger partial charge < -0.3 is 19.1 Å². The van der Waals surface area contributed by atoms with E-state index >= 15 is 0 Å². The van der Waals surface area contributed by atoms with Gasteiger partial charge in [-0.25, -0.2) is 4.79 Å². The van der Waals surface area contributed by atoms with Gasteiger partial charge in [0.2, 0.25) is 0 Å². The van der Waals surface area contributed by atoms with E-state index in [2.05, 4.69) is 20.8 Å². The number of esters is 1. The minimum atomic E-state index is -0.561. The molecular weight excluding hydrogens is 346 g/mol. The number of benzene rings is 1. The lowest BCUT2D eigenvalue weighted by Crippen LogP contribution is -2.39. The van der Waals surface area contributed by atoms with Crippen LogP contribution in [0.1, 0.15) is 50.4 Å². The molecular formula is C21H29NO5. The molecule has 1 saturated carbocycles. The molecule has 6 nitrogen and oxygen atoms in total. The highest BCUT2D eigenvalue weighted by atomic mass is 16.5. The molecule has 2 fully saturated rings. The standard InChI is InChI=1S/C21H29NO5/c1-20(2)9-15-10-21(3,12-20)13-22(15)18(23)11-27-19(24)14-6-16(25-4)8-17(7-14)26-5/h6-8,15H,9-13H2,1-5H3. The van der Waals surface area contributed by atoms with E-state index in [4.69, 9.17) is 14.2 Å². The topological polar surface area (TPSA) is 65.1 Å². The molecule has 0 aromatic heterocycles. The van der Waals surface area contributed by atoms with Crippen LogP contribution >= 0.6 is 0 Å². The lowest BCUT2D eigenvalue weighted by Gasteiger charge is -2.39. The summed E-state index contributed by atoms with van der Waals surface area (Å²) in [6, 6.07) is 5.06. The minimum absolute atomic E-state index is 0.121. The lowest BCUT2D eigenvalue weighted by molar-refractivity contribution is -0.135. The molecule has 1 saturated heterocycles. The Morgan fingerprint density at radius 1 is 1.07 bits per heavy atom. The van der Waals surface area contributed by atoms with Crippen LogP contribution in [0.3, 0.4) is 0 Å². The molecule has 1 aromatic rings. The molecule has 1 aliphatic heterocycles. The second-order valence-corrected chi connectivity index (χ2v) is 8.91. The average molecular weight is 375 g/mol. The fourth-order valence-corrected chi connectivity index (χ4v) is 4.97. The molecule has 2 aliphatic rings. The van der Waals surface area contributed by atoms with Gasteiger partial charge in [-0.05, 0) is 42.2 Å². The molecule has 1 aromatic carbocycles. The quantitative estimate of drug-likeness (QED) is 0.739. The third kappa shape index (κ3) is 4.20. The van der Waals surface area contributed by atoms with Gasteiger partial charge in [-0.3, -0.25) is 4.79 Å². The Hall–Kier alpha value is -2.24. The zero-order valence-electron chi connectivity index (χ0n) is 16.8. The summed E-state index contributed by atoms with van der Waals surface area (Å²) in [5.74, 6) is 0.311. The smallest absolute Gasteiger partial charge is 0.338 e. The van der Waals surface area contributed by atoms with Crippen LogP contribution < -0.4 is 9.47 Å². The van der Waals surface area contributed by atoms with Crippen molar-refractivity contribution >= 4 is 11.9 Å². The number of fused-ring (bicyclic) bond motifs is 2. The first-order chi connectivity index (χ1) is 12.6. The first kappa shape index (κ1) is 19.5. The number of carbonyl (C=O) groups is 2. The fraction of sp³-hybridized carbons (Fsp3) is 0.619. The Morgan fingerprint density at radius 2 is 1.70 bits per heavy atom. The van der Waals surface area contributed by atoms with Crippen molar-refractivity contribution in [3.63, 3.8) is 0 Å². The second kappa shape index (κ2) is 7.06. The molecule has 2 unspecified atom stereocenters. The van der Waals surface area contributed by atoms with Gasteiger partial charge in [-0.1, -0.05) is 20.8 Å². The highest BCUT2D eigenvalue weighted by Gasteiger charge is 2.50. The lowest BCUT2D eigenvalue weighted by atomic mass is 9.65. The molecule has 1 heterocycles. The highest BCUT2D eigenvalue weighted by Crippen LogP contribution is 2.52. The molecule has 0 N–H and O–H groups in total. The fourth-order valence-electron chi connectivity index (χ4n) is 4.97. The van der Waals surface area contributed by atoms with E-state index in [-0.39, 0.29) is 29.4 Å². The van der Waals surface area contributed by atoms with Gasteiger partial charge in [0.1, 0.15) is 11.5 Å². The van der Waals surface area contributed by atoms with Crippen LogP contribution in [0.25, 0.3) is 0 Å². The summed E-state index contributed by atoms with van der Waals surface area (Å²) in [4.78, 5) is 27.0. The predicted octanol–water partition coefficient (Wildman–Crippen LogP) is 3.29. The van der Waals surface area contributed by atoms with Gasteiger partial charge in [0, 0.05) is 18.7 Å². The number of hydrogen-bond acceptors (Lipinski definition) is 5. The molecule has 3 rings (SSSR count). The van der Waals surface area contributed by atoms with E-state index < -0.39 is 5.97 Å². The molecule has 0 spiro atoms. The van der Waals surface area contributed by atoms with Crippen LogP contribution in [0.4, 0.5) is 0 Å². The van der Waals surface area contributed by atoms with Crippen LogP contribution in [0.15, 0.2) is 18.2 Å². The van der Waals surface area contributed by atoms with Crippen LogP contribution in [-0.4, -0.2) is 50.2 Å². The van der Waals surface area contributed by atoms with Crippen molar-refractivity contribution < 1.29 is 23.8 Å². The van der Waals surface area contributed by atoms with Gasteiger partial charge in [-0.15, -0.1) is 0 Å². The normalized spacial score (nSPS) is 25.8. The van der Waals surface area contributed by atoms with E-state index in [0.717, 1.165) is 25.8 Å². The largest absolute Gasteiger partial charge is 0.497 e. The maximum Gasteiger partial charge on any atom is 0.338 e. The molecule has 1 amide bonds. The summed E-state index contributed by atoms with van der Waals surface area (Å²) in [6.45, 7) is 7.28. The first-order valence-electron chi connectivity index (χ1n) is 9.34. The number of ether oxygens (including phenoxy) is 3. The molecule has 148 valence electrons. The van der Waals surface area contributed by atoms with E-state index in [0.29, 0.717) is 17.1 Å². The predicted molar refractivity (Wildman–Crippen MR) is 101 cm³/mol. The van der Waals surface area contributed by atoms with E-state index in [9.17, 15) is 9.59 Å². The molecule has 2 bridgehead atoms. The summed E-state index contributed by atoms with van der Waals surface area (Å²) in [7, 11) is 3.03. The van der Waals surface area contributed by atoms with Crippen LogP contribution in [0.2, 0.25) is 0 Å². The number of nitrogens with zero attached hydrogens (tertiary/aromatic N) is 1. The Balaban J connectivity index is 1.64. The minimum Gasteiger partial charge on any atom is -0.497 e. The third-order valence-corrected chi connectivity index (χ3v) is 5.65. The van der Waals surface area contributed by atoms with Crippen molar-refractivity contribution in [3.05, 3.63) is 23.8 Å². The first-order valence-corrected chi connectivity index (χ1v) is 9.34. The SMILES string of the molecule is COc1cc(OC)cc(C(=O)OCC(=O)N2CC3(C)CC2CC(C)(C)C3)c1. The summed E-state index contributed by atoms with van der Waals surface area (Å²) >= 11 is 0. The van der Waals surface area contributed by atoms with Crippen LogP contribution in [0.5, 0.6) is 11.5 Å². The van der Waals surface area contributed by atoms with Crippen molar-refractivity contribution in [1.82, 2.24) is 4.90 Å². The Bertz CT molecular complexity index is 722. The van der Waals surface area contributed by atoms with Crippen molar-refractivity contribution in [2.75, 3.05) is 27.4 Å². The van der Waals surface area contributed by atoms with Gasteiger partial charge >= 0.3 is 5.97 Å². The monoisotopic (exact) mass is 375 g/mol. The number of carbonyl (C=O) groups excluding carboxylic acids is 2. The summed E-state index contributed by atoms with van der Waals surface area (Å²) in [6.07, 6.45) is 3.14. The number of rotatable bonds is 5. The number of likely N-dealkylation sites (tertiary alicyclic amines) is 1. The van der Waals surface area contributed by atoms with Gasteiger partial charge in [0.15, 0.2) is 6.61 Å². The van der Waals surface area contributed by atoms with Gasteiger partial charge in [-0.2, -0.15) is 0 Å². The number of amides is 1. The average Bonchev–Trinajstić information content (AvgIpc) is 2.87. The molecule has 27 heavy (non-hydrogen) atoms. The van der Waals surface area contributed by atoms with Crippen molar-refractivity contribution in [2.45, 2.75) is 46.1 Å². The van der Waals surface area contributed by atoms with Gasteiger partial charge in [0.25, 0.3) is 5.91 Å². The van der Waals surface area contributed by atoms with Crippen LogP contribution in [0, 0.1) is 10.8 Å². The van der Waals surface area contributed by atoms with Crippen molar-refractivity contribution in [3.8, 4) is 11.5 Å². The highest BCUT2D eigenvalue weighted by molar-refractivity contribution is 5.92. The van der Waals surface area contributed by atoms with Crippen LogP contribution in [-0.2, 0) is 9.53 Å². The van der Waals surface area contributed by atoms with Crippen molar-refractivity contribution in [2.24, 2.45) is 10.8 Å². The molecule has 1 aliphatic carbocycles.